The molecule has 2 aromatic rings. The van der Waals surface area contributed by atoms with Crippen LogP contribution in [0.3, 0.4) is 0 Å². The lowest BCUT2D eigenvalue weighted by Crippen LogP contribution is -2.27. The first-order valence-electron chi connectivity index (χ1n) is 5.64. The summed E-state index contributed by atoms with van der Waals surface area (Å²) >= 11 is 11.9. The molecule has 1 amide bonds. The molecule has 0 N–H and O–H groups in total. The fourth-order valence-electron chi connectivity index (χ4n) is 1.84. The highest BCUT2D eigenvalue weighted by atomic mass is 35.5. The van der Waals surface area contributed by atoms with E-state index in [0.29, 0.717) is 22.4 Å². The summed E-state index contributed by atoms with van der Waals surface area (Å²) in [6.45, 7) is 0.479. The number of hydrogen-bond donors (Lipinski definition) is 0. The molecular formula is C12H14Cl2N4O. The molecule has 2 aromatic heterocycles. The maximum Gasteiger partial charge on any atom is 0.270 e. The van der Waals surface area contributed by atoms with Gasteiger partial charge in [0, 0.05) is 39.4 Å². The zero-order chi connectivity index (χ0) is 14.2. The number of carbonyl (C=O) groups is 1. The highest BCUT2D eigenvalue weighted by molar-refractivity contribution is 6.41. The quantitative estimate of drug-likeness (QED) is 0.873. The van der Waals surface area contributed by atoms with Crippen LogP contribution in [0.25, 0.3) is 0 Å². The molecule has 0 aliphatic carbocycles. The molecule has 2 heterocycles. The Labute approximate surface area is 121 Å². The summed E-state index contributed by atoms with van der Waals surface area (Å²) in [5.74, 6) is -0.139. The van der Waals surface area contributed by atoms with Gasteiger partial charge in [-0.2, -0.15) is 5.10 Å². The maximum atomic E-state index is 12.3. The van der Waals surface area contributed by atoms with Gasteiger partial charge in [0.05, 0.1) is 11.2 Å². The summed E-state index contributed by atoms with van der Waals surface area (Å²) < 4.78 is 3.27. The predicted molar refractivity (Wildman–Crippen MR) is 74.4 cm³/mol. The Morgan fingerprint density at radius 1 is 1.42 bits per heavy atom. The summed E-state index contributed by atoms with van der Waals surface area (Å²) in [6.07, 6.45) is 3.60. The minimum absolute atomic E-state index is 0.139. The lowest BCUT2D eigenvalue weighted by atomic mass is 10.3. The van der Waals surface area contributed by atoms with Gasteiger partial charge in [0.2, 0.25) is 0 Å². The molecule has 0 saturated carbocycles. The molecule has 0 saturated heterocycles. The minimum atomic E-state index is -0.139. The van der Waals surface area contributed by atoms with Crippen LogP contribution in [0.2, 0.25) is 10.2 Å². The first-order valence-corrected chi connectivity index (χ1v) is 6.39. The van der Waals surface area contributed by atoms with E-state index in [9.17, 15) is 4.79 Å². The van der Waals surface area contributed by atoms with Crippen LogP contribution in [-0.2, 0) is 20.6 Å². The molecule has 0 spiro atoms. The van der Waals surface area contributed by atoms with Gasteiger partial charge in [0.15, 0.2) is 0 Å². The van der Waals surface area contributed by atoms with E-state index in [1.54, 1.807) is 40.5 Å². The average molecular weight is 301 g/mol. The van der Waals surface area contributed by atoms with Crippen LogP contribution in [0.5, 0.6) is 0 Å². The van der Waals surface area contributed by atoms with E-state index in [2.05, 4.69) is 5.10 Å². The second-order valence-corrected chi connectivity index (χ2v) is 5.18. The second kappa shape index (κ2) is 5.27. The lowest BCUT2D eigenvalue weighted by molar-refractivity contribution is 0.0775. The first-order chi connectivity index (χ1) is 8.90. The Morgan fingerprint density at radius 2 is 2.11 bits per heavy atom. The summed E-state index contributed by atoms with van der Waals surface area (Å²) in [5, 5.41) is 4.81. The SMILES string of the molecule is CN(Cc1cnn(C)c1)C(=O)c1cc(Cl)c(Cl)n1C. The first kappa shape index (κ1) is 14.0. The van der Waals surface area contributed by atoms with Crippen molar-refractivity contribution in [3.8, 4) is 0 Å². The predicted octanol–water partition coefficient (Wildman–Crippen LogP) is 2.34. The van der Waals surface area contributed by atoms with Crippen molar-refractivity contribution in [3.05, 3.63) is 39.9 Å². The molecule has 102 valence electrons. The van der Waals surface area contributed by atoms with Gasteiger partial charge in [0.1, 0.15) is 10.8 Å². The van der Waals surface area contributed by atoms with Crippen LogP contribution in [0.4, 0.5) is 0 Å². The van der Waals surface area contributed by atoms with Crippen molar-refractivity contribution in [3.63, 3.8) is 0 Å². The smallest absolute Gasteiger partial charge is 0.270 e. The number of carbonyl (C=O) groups excluding carboxylic acids is 1. The van der Waals surface area contributed by atoms with Crippen LogP contribution in [0.15, 0.2) is 18.5 Å². The van der Waals surface area contributed by atoms with Gasteiger partial charge in [-0.15, -0.1) is 0 Å². The number of amides is 1. The topological polar surface area (TPSA) is 43.1 Å². The van der Waals surface area contributed by atoms with Crippen molar-refractivity contribution in [2.45, 2.75) is 6.54 Å². The molecule has 19 heavy (non-hydrogen) atoms. The van der Waals surface area contributed by atoms with Gasteiger partial charge in [-0.25, -0.2) is 0 Å². The number of nitrogens with zero attached hydrogens (tertiary/aromatic N) is 4. The van der Waals surface area contributed by atoms with Gasteiger partial charge in [-0.3, -0.25) is 9.48 Å². The highest BCUT2D eigenvalue weighted by Gasteiger charge is 2.19. The number of hydrogen-bond acceptors (Lipinski definition) is 2. The minimum Gasteiger partial charge on any atom is -0.336 e. The van der Waals surface area contributed by atoms with Crippen LogP contribution in [0.1, 0.15) is 16.1 Å². The summed E-state index contributed by atoms with van der Waals surface area (Å²) in [5.41, 5.74) is 1.42. The van der Waals surface area contributed by atoms with Crippen molar-refractivity contribution in [1.82, 2.24) is 19.2 Å². The molecule has 2 rings (SSSR count). The fourth-order valence-corrected chi connectivity index (χ4v) is 2.22. The van der Waals surface area contributed by atoms with E-state index in [1.165, 1.54) is 0 Å². The molecule has 0 fully saturated rings. The van der Waals surface area contributed by atoms with Crippen molar-refractivity contribution < 1.29 is 4.79 Å². The van der Waals surface area contributed by atoms with E-state index in [-0.39, 0.29) is 5.91 Å². The van der Waals surface area contributed by atoms with Gasteiger partial charge in [-0.05, 0) is 6.07 Å². The fraction of sp³-hybridized carbons (Fsp3) is 0.333. The normalized spacial score (nSPS) is 10.8. The Morgan fingerprint density at radius 3 is 2.58 bits per heavy atom. The Bertz CT molecular complexity index is 617. The lowest BCUT2D eigenvalue weighted by Gasteiger charge is -2.16. The molecule has 7 heteroatoms. The van der Waals surface area contributed by atoms with Crippen LogP contribution in [0, 0.1) is 0 Å². The Balaban J connectivity index is 2.17. The van der Waals surface area contributed by atoms with Crippen molar-refractivity contribution >= 4 is 29.1 Å². The van der Waals surface area contributed by atoms with Crippen molar-refractivity contribution in [1.29, 1.82) is 0 Å². The van der Waals surface area contributed by atoms with Crippen LogP contribution in [-0.4, -0.2) is 32.2 Å². The van der Waals surface area contributed by atoms with Gasteiger partial charge >= 0.3 is 0 Å². The molecule has 0 unspecified atom stereocenters. The molecule has 0 aromatic carbocycles. The molecule has 5 nitrogen and oxygen atoms in total. The zero-order valence-corrected chi connectivity index (χ0v) is 12.4. The number of aryl methyl sites for hydroxylation is 1. The molecule has 0 atom stereocenters. The summed E-state index contributed by atoms with van der Waals surface area (Å²) in [7, 11) is 5.27. The monoisotopic (exact) mass is 300 g/mol. The molecule has 0 aliphatic rings. The number of rotatable bonds is 3. The second-order valence-electron chi connectivity index (χ2n) is 4.41. The van der Waals surface area contributed by atoms with Crippen LogP contribution < -0.4 is 0 Å². The average Bonchev–Trinajstić information content (AvgIpc) is 2.87. The zero-order valence-electron chi connectivity index (χ0n) is 10.9. The molecule has 0 radical (unpaired) electrons. The molecule has 0 bridgehead atoms. The van der Waals surface area contributed by atoms with E-state index in [1.807, 2.05) is 13.2 Å². The standard InChI is InChI=1S/C12H14Cl2N4O/c1-16(6-8-5-15-17(2)7-8)12(19)10-4-9(13)11(14)18(10)3/h4-5,7H,6H2,1-3H3. The van der Waals surface area contributed by atoms with Crippen LogP contribution >= 0.6 is 23.2 Å². The number of halogens is 2. The van der Waals surface area contributed by atoms with E-state index >= 15 is 0 Å². The van der Waals surface area contributed by atoms with Gasteiger partial charge < -0.3 is 9.47 Å². The Kier molecular flexibility index (Phi) is 3.87. The third-order valence-corrected chi connectivity index (χ3v) is 3.70. The van der Waals surface area contributed by atoms with E-state index in [0.717, 1.165) is 5.56 Å². The maximum absolute atomic E-state index is 12.3. The molecule has 0 aliphatic heterocycles. The van der Waals surface area contributed by atoms with Gasteiger partial charge in [0.25, 0.3) is 5.91 Å². The number of aromatic nitrogens is 3. The summed E-state index contributed by atoms with van der Waals surface area (Å²) in [6, 6.07) is 1.58. The van der Waals surface area contributed by atoms with E-state index < -0.39 is 0 Å². The highest BCUT2D eigenvalue weighted by Crippen LogP contribution is 2.25. The Hall–Kier alpha value is -1.46. The van der Waals surface area contributed by atoms with Gasteiger partial charge in [-0.1, -0.05) is 23.2 Å². The largest absolute Gasteiger partial charge is 0.336 e. The van der Waals surface area contributed by atoms with Crippen molar-refractivity contribution in [2.24, 2.45) is 14.1 Å². The third-order valence-electron chi connectivity index (χ3n) is 2.86. The van der Waals surface area contributed by atoms with Crippen molar-refractivity contribution in [2.75, 3.05) is 7.05 Å². The third kappa shape index (κ3) is 2.77. The van der Waals surface area contributed by atoms with E-state index in [4.69, 9.17) is 23.2 Å². The summed E-state index contributed by atoms with van der Waals surface area (Å²) in [4.78, 5) is 13.9. The molecular weight excluding hydrogens is 287 g/mol.